The monoisotopic (exact) mass is 444 g/mol. The van der Waals surface area contributed by atoms with Crippen molar-refractivity contribution in [2.75, 3.05) is 13.2 Å². The fourth-order valence-electron chi connectivity index (χ4n) is 3.36. The minimum Gasteiger partial charge on any atom is -0.493 e. The number of halogens is 3. The van der Waals surface area contributed by atoms with Crippen molar-refractivity contribution in [3.05, 3.63) is 71.3 Å². The van der Waals surface area contributed by atoms with E-state index in [1.807, 2.05) is 30.4 Å². The van der Waals surface area contributed by atoms with Gasteiger partial charge in [0.1, 0.15) is 28.9 Å². The lowest BCUT2D eigenvalue weighted by Gasteiger charge is -2.16. The number of ether oxygens (including phenoxy) is 1. The Kier molecular flexibility index (Phi) is 6.39. The Morgan fingerprint density at radius 3 is 2.68 bits per heavy atom. The van der Waals surface area contributed by atoms with Gasteiger partial charge in [-0.1, -0.05) is 42.0 Å². The SMILES string of the molecule is OCCCCOc1cc(F)c(-c2c(Cl)nc3ncnn3c2C2=CC=CC=CC2)c(F)c1. The Labute approximate surface area is 182 Å². The van der Waals surface area contributed by atoms with E-state index >= 15 is 8.78 Å². The Balaban J connectivity index is 1.85. The van der Waals surface area contributed by atoms with Crippen molar-refractivity contribution in [1.82, 2.24) is 19.6 Å². The molecule has 0 atom stereocenters. The Morgan fingerprint density at radius 2 is 1.90 bits per heavy atom. The van der Waals surface area contributed by atoms with Gasteiger partial charge in [-0.05, 0) is 24.8 Å². The van der Waals surface area contributed by atoms with E-state index in [0.29, 0.717) is 25.0 Å². The maximum atomic E-state index is 15.2. The van der Waals surface area contributed by atoms with Crippen LogP contribution in [0.2, 0.25) is 5.15 Å². The van der Waals surface area contributed by atoms with E-state index in [9.17, 15) is 0 Å². The van der Waals surface area contributed by atoms with Crippen LogP contribution < -0.4 is 4.74 Å². The van der Waals surface area contributed by atoms with Gasteiger partial charge < -0.3 is 9.84 Å². The zero-order valence-electron chi connectivity index (χ0n) is 16.4. The number of aromatic nitrogens is 4. The number of nitrogens with zero attached hydrogens (tertiary/aromatic N) is 4. The van der Waals surface area contributed by atoms with Crippen molar-refractivity contribution in [3.63, 3.8) is 0 Å². The summed E-state index contributed by atoms with van der Waals surface area (Å²) in [6.07, 6.45) is 12.3. The van der Waals surface area contributed by atoms with Gasteiger partial charge in [-0.2, -0.15) is 19.6 Å². The van der Waals surface area contributed by atoms with E-state index in [1.165, 1.54) is 10.8 Å². The molecule has 0 fully saturated rings. The number of allylic oxidation sites excluding steroid dienone is 6. The molecule has 6 nitrogen and oxygen atoms in total. The molecule has 4 rings (SSSR count). The number of hydrogen-bond donors (Lipinski definition) is 1. The first-order valence-corrected chi connectivity index (χ1v) is 10.1. The topological polar surface area (TPSA) is 72.5 Å². The zero-order valence-corrected chi connectivity index (χ0v) is 17.2. The number of fused-ring (bicyclic) bond motifs is 1. The molecule has 0 aliphatic heterocycles. The second-order valence-corrected chi connectivity index (χ2v) is 7.21. The van der Waals surface area contributed by atoms with Crippen LogP contribution in [0.25, 0.3) is 22.5 Å². The second kappa shape index (κ2) is 9.36. The molecule has 1 aromatic carbocycles. The minimum atomic E-state index is -0.832. The maximum absolute atomic E-state index is 15.2. The fraction of sp³-hybridized carbons (Fsp3) is 0.227. The zero-order chi connectivity index (χ0) is 21.8. The van der Waals surface area contributed by atoms with Gasteiger partial charge in [0.2, 0.25) is 0 Å². The third-order valence-electron chi connectivity index (χ3n) is 4.77. The van der Waals surface area contributed by atoms with Crippen LogP contribution in [0.4, 0.5) is 8.78 Å². The Bertz CT molecular complexity index is 1180. The summed E-state index contributed by atoms with van der Waals surface area (Å²) >= 11 is 6.42. The van der Waals surface area contributed by atoms with Crippen LogP contribution in [0, 0.1) is 11.6 Å². The summed E-state index contributed by atoms with van der Waals surface area (Å²) in [4.78, 5) is 8.24. The highest BCUT2D eigenvalue weighted by Crippen LogP contribution is 2.39. The molecule has 0 unspecified atom stereocenters. The highest BCUT2D eigenvalue weighted by Gasteiger charge is 2.25. The first kappa shape index (κ1) is 21.1. The number of benzene rings is 1. The van der Waals surface area contributed by atoms with Crippen LogP contribution in [0.1, 0.15) is 25.0 Å². The van der Waals surface area contributed by atoms with Gasteiger partial charge in [-0.15, -0.1) is 0 Å². The normalized spacial score (nSPS) is 13.5. The smallest absolute Gasteiger partial charge is 0.254 e. The minimum absolute atomic E-state index is 0.0320. The van der Waals surface area contributed by atoms with Crippen molar-refractivity contribution in [3.8, 4) is 16.9 Å². The lowest BCUT2D eigenvalue weighted by molar-refractivity contribution is 0.252. The molecule has 1 N–H and O–H groups in total. The summed E-state index contributed by atoms with van der Waals surface area (Å²) in [7, 11) is 0. The van der Waals surface area contributed by atoms with Gasteiger partial charge in [0, 0.05) is 18.7 Å². The quantitative estimate of drug-likeness (QED) is 0.419. The highest BCUT2D eigenvalue weighted by atomic mass is 35.5. The highest BCUT2D eigenvalue weighted by molar-refractivity contribution is 6.32. The summed E-state index contributed by atoms with van der Waals surface area (Å²) in [5.74, 6) is -1.38. The molecule has 9 heteroatoms. The molecule has 0 radical (unpaired) electrons. The molecule has 1 aliphatic rings. The van der Waals surface area contributed by atoms with E-state index in [0.717, 1.165) is 17.7 Å². The molecular formula is C22H19ClF2N4O2. The largest absolute Gasteiger partial charge is 0.493 e. The predicted octanol–water partition coefficient (Wildman–Crippen LogP) is 4.77. The van der Waals surface area contributed by atoms with Gasteiger partial charge in [0.15, 0.2) is 0 Å². The van der Waals surface area contributed by atoms with Gasteiger partial charge in [0.25, 0.3) is 5.78 Å². The van der Waals surface area contributed by atoms with Gasteiger partial charge in [0.05, 0.1) is 23.4 Å². The average Bonchev–Trinajstić information content (AvgIpc) is 3.03. The maximum Gasteiger partial charge on any atom is 0.254 e. The molecule has 3 aromatic rings. The first-order chi connectivity index (χ1) is 15.1. The Morgan fingerprint density at radius 1 is 1.10 bits per heavy atom. The van der Waals surface area contributed by atoms with E-state index in [-0.39, 0.29) is 41.0 Å². The number of rotatable bonds is 7. The van der Waals surface area contributed by atoms with E-state index in [4.69, 9.17) is 21.4 Å². The summed E-state index contributed by atoms with van der Waals surface area (Å²) in [5, 5.41) is 12.9. The van der Waals surface area contributed by atoms with Crippen LogP contribution in [0.15, 0.2) is 48.8 Å². The molecule has 0 amide bonds. The molecule has 0 spiro atoms. The fourth-order valence-corrected chi connectivity index (χ4v) is 3.62. The molecule has 2 heterocycles. The standard InChI is InChI=1S/C22H19ClF2N4O2/c23-21-19(18-16(24)11-15(12-17(18)25)31-10-6-5-9-30)20(14-7-3-1-2-4-8-14)29-22(28-21)26-13-27-29/h1-4,7,11-13,30H,5-6,8-10H2. The molecule has 31 heavy (non-hydrogen) atoms. The third-order valence-corrected chi connectivity index (χ3v) is 5.04. The number of aliphatic hydroxyl groups excluding tert-OH is 1. The summed E-state index contributed by atoms with van der Waals surface area (Å²) in [6.45, 7) is 0.271. The molecule has 0 bridgehead atoms. The van der Waals surface area contributed by atoms with Gasteiger partial charge in [-0.25, -0.2) is 8.78 Å². The van der Waals surface area contributed by atoms with Gasteiger partial charge >= 0.3 is 0 Å². The average molecular weight is 445 g/mol. The number of hydrogen-bond acceptors (Lipinski definition) is 5. The van der Waals surface area contributed by atoms with Gasteiger partial charge in [-0.3, -0.25) is 0 Å². The van der Waals surface area contributed by atoms with Crippen LogP contribution in [0.5, 0.6) is 5.75 Å². The lowest BCUT2D eigenvalue weighted by Crippen LogP contribution is -2.07. The summed E-state index contributed by atoms with van der Waals surface area (Å²) < 4.78 is 37.2. The molecular weight excluding hydrogens is 426 g/mol. The number of unbranched alkanes of at least 4 members (excludes halogenated alkanes) is 1. The van der Waals surface area contributed by atoms with Crippen LogP contribution in [-0.4, -0.2) is 37.9 Å². The van der Waals surface area contributed by atoms with Crippen LogP contribution in [-0.2, 0) is 0 Å². The van der Waals surface area contributed by atoms with Crippen molar-refractivity contribution >= 4 is 23.0 Å². The second-order valence-electron chi connectivity index (χ2n) is 6.85. The summed E-state index contributed by atoms with van der Waals surface area (Å²) in [6, 6.07) is 2.23. The summed E-state index contributed by atoms with van der Waals surface area (Å²) in [5.41, 5.74) is 0.947. The van der Waals surface area contributed by atoms with Crippen molar-refractivity contribution in [2.24, 2.45) is 0 Å². The van der Waals surface area contributed by atoms with E-state index in [2.05, 4.69) is 15.1 Å². The molecule has 2 aromatic heterocycles. The van der Waals surface area contributed by atoms with Crippen LogP contribution in [0.3, 0.4) is 0 Å². The Hall–Kier alpha value is -3.10. The van der Waals surface area contributed by atoms with Crippen molar-refractivity contribution in [1.29, 1.82) is 0 Å². The van der Waals surface area contributed by atoms with Crippen molar-refractivity contribution < 1.29 is 18.6 Å². The van der Waals surface area contributed by atoms with E-state index < -0.39 is 11.6 Å². The number of aliphatic hydroxyl groups is 1. The third kappa shape index (κ3) is 4.35. The molecule has 160 valence electrons. The van der Waals surface area contributed by atoms with Crippen LogP contribution >= 0.6 is 11.6 Å². The lowest BCUT2D eigenvalue weighted by atomic mass is 9.97. The van der Waals surface area contributed by atoms with E-state index in [1.54, 1.807) is 0 Å². The first-order valence-electron chi connectivity index (χ1n) is 9.75. The molecule has 1 aliphatic carbocycles. The molecule has 0 saturated heterocycles. The predicted molar refractivity (Wildman–Crippen MR) is 114 cm³/mol. The molecule has 0 saturated carbocycles. The van der Waals surface area contributed by atoms with Crippen molar-refractivity contribution in [2.45, 2.75) is 19.3 Å².